The summed E-state index contributed by atoms with van der Waals surface area (Å²) < 4.78 is 6.07. The Hall–Kier alpha value is -2.50. The molecule has 3 rings (SSSR count). The highest BCUT2D eigenvalue weighted by Gasteiger charge is 2.14. The van der Waals surface area contributed by atoms with Crippen LogP contribution in [-0.4, -0.2) is 32.7 Å². The molecule has 90 valence electrons. The number of hydrogen-bond acceptors (Lipinski definition) is 5. The number of hydrogen-bond donors (Lipinski definition) is 0. The van der Waals surface area contributed by atoms with Gasteiger partial charge < -0.3 is 4.74 Å². The van der Waals surface area contributed by atoms with Crippen molar-refractivity contribution in [2.45, 2.75) is 6.92 Å². The number of carbonyl (C=O) groups excluding carboxylic acids is 1. The highest BCUT2D eigenvalue weighted by molar-refractivity contribution is 6.03. The van der Waals surface area contributed by atoms with Crippen molar-refractivity contribution in [1.29, 1.82) is 0 Å². The number of fused-ring (bicyclic) bond motifs is 3. The fraction of sp³-hybridized carbons (Fsp3) is 0.167. The van der Waals surface area contributed by atoms with E-state index in [9.17, 15) is 4.79 Å². The molecule has 0 bridgehead atoms. The SMILES string of the molecule is CCOC(=O)n1nnc2c3cccnc3ccc21. The zero-order chi connectivity index (χ0) is 12.5. The molecular formula is C12H10N4O2. The van der Waals surface area contributed by atoms with Gasteiger partial charge in [0.25, 0.3) is 0 Å². The quantitative estimate of drug-likeness (QED) is 0.652. The summed E-state index contributed by atoms with van der Waals surface area (Å²) in [6.45, 7) is 2.05. The van der Waals surface area contributed by atoms with Crippen LogP contribution >= 0.6 is 0 Å². The standard InChI is InChI=1S/C12H10N4O2/c1-2-18-12(17)16-10-6-5-9-8(4-3-7-13-9)11(10)14-15-16/h3-7H,2H2,1H3. The second-order valence-corrected chi connectivity index (χ2v) is 3.70. The molecule has 0 spiro atoms. The Morgan fingerprint density at radius 2 is 2.28 bits per heavy atom. The van der Waals surface area contributed by atoms with Crippen LogP contribution in [0, 0.1) is 0 Å². The normalized spacial score (nSPS) is 10.9. The van der Waals surface area contributed by atoms with Gasteiger partial charge in [-0.15, -0.1) is 9.78 Å². The van der Waals surface area contributed by atoms with Gasteiger partial charge in [0.1, 0.15) is 11.0 Å². The van der Waals surface area contributed by atoms with Crippen LogP contribution in [0.5, 0.6) is 0 Å². The fourth-order valence-electron chi connectivity index (χ4n) is 1.86. The van der Waals surface area contributed by atoms with E-state index in [1.807, 2.05) is 18.2 Å². The Kier molecular flexibility index (Phi) is 2.40. The molecular weight excluding hydrogens is 232 g/mol. The van der Waals surface area contributed by atoms with Gasteiger partial charge in [-0.25, -0.2) is 4.79 Å². The monoisotopic (exact) mass is 242 g/mol. The van der Waals surface area contributed by atoms with Crippen molar-refractivity contribution in [2.24, 2.45) is 0 Å². The number of pyridine rings is 1. The van der Waals surface area contributed by atoms with Gasteiger partial charge in [-0.05, 0) is 31.2 Å². The van der Waals surface area contributed by atoms with Crippen molar-refractivity contribution in [3.8, 4) is 0 Å². The Bertz CT molecular complexity index is 735. The van der Waals surface area contributed by atoms with Crippen molar-refractivity contribution in [3.05, 3.63) is 30.5 Å². The minimum atomic E-state index is -0.525. The Morgan fingerprint density at radius 3 is 3.11 bits per heavy atom. The topological polar surface area (TPSA) is 69.9 Å². The van der Waals surface area contributed by atoms with Crippen LogP contribution in [0.1, 0.15) is 6.92 Å². The molecule has 0 aliphatic rings. The van der Waals surface area contributed by atoms with Gasteiger partial charge in [-0.2, -0.15) is 0 Å². The molecule has 2 heterocycles. The second kappa shape index (κ2) is 4.06. The molecule has 0 atom stereocenters. The molecule has 0 unspecified atom stereocenters. The van der Waals surface area contributed by atoms with E-state index in [1.54, 1.807) is 19.2 Å². The number of ether oxygens (including phenoxy) is 1. The van der Waals surface area contributed by atoms with Crippen molar-refractivity contribution in [2.75, 3.05) is 6.61 Å². The predicted molar refractivity (Wildman–Crippen MR) is 65.2 cm³/mol. The molecule has 6 nitrogen and oxygen atoms in total. The summed E-state index contributed by atoms with van der Waals surface area (Å²) in [5.74, 6) is 0. The van der Waals surface area contributed by atoms with E-state index in [1.165, 1.54) is 0 Å². The molecule has 0 amide bonds. The first-order valence-corrected chi connectivity index (χ1v) is 5.57. The van der Waals surface area contributed by atoms with Crippen LogP contribution in [0.4, 0.5) is 4.79 Å². The first-order valence-electron chi connectivity index (χ1n) is 5.57. The molecule has 0 saturated carbocycles. The van der Waals surface area contributed by atoms with Crippen molar-refractivity contribution < 1.29 is 9.53 Å². The Balaban J connectivity index is 2.26. The van der Waals surface area contributed by atoms with Crippen molar-refractivity contribution >= 4 is 28.0 Å². The molecule has 0 aliphatic carbocycles. The highest BCUT2D eigenvalue weighted by Crippen LogP contribution is 2.21. The summed E-state index contributed by atoms with van der Waals surface area (Å²) >= 11 is 0. The van der Waals surface area contributed by atoms with Crippen LogP contribution < -0.4 is 0 Å². The minimum Gasteiger partial charge on any atom is -0.448 e. The van der Waals surface area contributed by atoms with Gasteiger partial charge in [0.2, 0.25) is 0 Å². The molecule has 0 fully saturated rings. The van der Waals surface area contributed by atoms with E-state index in [0.29, 0.717) is 17.6 Å². The molecule has 6 heteroatoms. The lowest BCUT2D eigenvalue weighted by atomic mass is 10.2. The average molecular weight is 242 g/mol. The number of benzene rings is 1. The van der Waals surface area contributed by atoms with Crippen molar-refractivity contribution in [3.63, 3.8) is 0 Å². The third-order valence-electron chi connectivity index (χ3n) is 2.64. The summed E-state index contributed by atoms with van der Waals surface area (Å²) in [6, 6.07) is 7.32. The molecule has 2 aromatic heterocycles. The zero-order valence-corrected chi connectivity index (χ0v) is 9.70. The summed E-state index contributed by atoms with van der Waals surface area (Å²) in [6.07, 6.45) is 1.19. The van der Waals surface area contributed by atoms with E-state index in [4.69, 9.17) is 4.74 Å². The van der Waals surface area contributed by atoms with E-state index < -0.39 is 6.09 Å². The molecule has 3 aromatic rings. The lowest BCUT2D eigenvalue weighted by molar-refractivity contribution is 0.151. The van der Waals surface area contributed by atoms with Crippen LogP contribution in [0.25, 0.3) is 21.9 Å². The van der Waals surface area contributed by atoms with Gasteiger partial charge in [0, 0.05) is 11.6 Å². The third kappa shape index (κ3) is 1.50. The van der Waals surface area contributed by atoms with E-state index in [2.05, 4.69) is 15.3 Å². The molecule has 1 aromatic carbocycles. The molecule has 0 aliphatic heterocycles. The lowest BCUT2D eigenvalue weighted by Gasteiger charge is -2.01. The maximum Gasteiger partial charge on any atom is 0.436 e. The van der Waals surface area contributed by atoms with Crippen molar-refractivity contribution in [1.82, 2.24) is 20.0 Å². The Labute approximate surface area is 102 Å². The summed E-state index contributed by atoms with van der Waals surface area (Å²) in [5, 5.41) is 8.72. The van der Waals surface area contributed by atoms with Gasteiger partial charge in [0.15, 0.2) is 0 Å². The number of nitrogens with zero attached hydrogens (tertiary/aromatic N) is 4. The summed E-state index contributed by atoms with van der Waals surface area (Å²) in [7, 11) is 0. The number of rotatable bonds is 1. The Morgan fingerprint density at radius 1 is 1.39 bits per heavy atom. The number of aromatic nitrogens is 4. The van der Waals surface area contributed by atoms with Gasteiger partial charge in [-0.3, -0.25) is 4.98 Å². The molecule has 0 N–H and O–H groups in total. The predicted octanol–water partition coefficient (Wildman–Crippen LogP) is 1.98. The lowest BCUT2D eigenvalue weighted by Crippen LogP contribution is -2.14. The highest BCUT2D eigenvalue weighted by atomic mass is 16.6. The maximum atomic E-state index is 11.7. The molecule has 18 heavy (non-hydrogen) atoms. The van der Waals surface area contributed by atoms with Gasteiger partial charge in [0.05, 0.1) is 12.1 Å². The minimum absolute atomic E-state index is 0.301. The number of carbonyl (C=O) groups is 1. The van der Waals surface area contributed by atoms with E-state index in [-0.39, 0.29) is 0 Å². The smallest absolute Gasteiger partial charge is 0.436 e. The van der Waals surface area contributed by atoms with Crippen LogP contribution in [0.2, 0.25) is 0 Å². The summed E-state index contributed by atoms with van der Waals surface area (Å²) in [4.78, 5) is 15.9. The second-order valence-electron chi connectivity index (χ2n) is 3.70. The average Bonchev–Trinajstić information content (AvgIpc) is 2.83. The largest absolute Gasteiger partial charge is 0.448 e. The third-order valence-corrected chi connectivity index (χ3v) is 2.64. The van der Waals surface area contributed by atoms with Crippen LogP contribution in [0.3, 0.4) is 0 Å². The zero-order valence-electron chi connectivity index (χ0n) is 9.70. The van der Waals surface area contributed by atoms with E-state index >= 15 is 0 Å². The maximum absolute atomic E-state index is 11.7. The van der Waals surface area contributed by atoms with Crippen LogP contribution in [-0.2, 0) is 4.74 Å². The fourth-order valence-corrected chi connectivity index (χ4v) is 1.86. The summed E-state index contributed by atoms with van der Waals surface area (Å²) in [5.41, 5.74) is 2.09. The van der Waals surface area contributed by atoms with Gasteiger partial charge in [-0.1, -0.05) is 5.21 Å². The van der Waals surface area contributed by atoms with Crippen LogP contribution in [0.15, 0.2) is 30.5 Å². The first-order chi connectivity index (χ1) is 8.81. The molecule has 0 saturated heterocycles. The first kappa shape index (κ1) is 10.6. The molecule has 0 radical (unpaired) electrons. The van der Waals surface area contributed by atoms with Gasteiger partial charge >= 0.3 is 6.09 Å². The van der Waals surface area contributed by atoms with E-state index in [0.717, 1.165) is 15.6 Å².